The van der Waals surface area contributed by atoms with E-state index >= 15 is 0 Å². The van der Waals surface area contributed by atoms with Gasteiger partial charge >= 0.3 is 0 Å². The lowest BCUT2D eigenvalue weighted by Gasteiger charge is -2.05. The lowest BCUT2D eigenvalue weighted by Crippen LogP contribution is -1.94. The molecule has 0 saturated heterocycles. The van der Waals surface area contributed by atoms with Gasteiger partial charge in [0.2, 0.25) is 0 Å². The molecule has 17 heavy (non-hydrogen) atoms. The minimum atomic E-state index is 0.177. The maximum atomic E-state index is 9.16. The van der Waals surface area contributed by atoms with Crippen molar-refractivity contribution in [3.8, 4) is 22.8 Å². The number of nitrogens with zero attached hydrogens (tertiary/aromatic N) is 1. The summed E-state index contributed by atoms with van der Waals surface area (Å²) < 4.78 is 5.50. The molecule has 0 saturated carbocycles. The van der Waals surface area contributed by atoms with Gasteiger partial charge in [-0.2, -0.15) is 0 Å². The van der Waals surface area contributed by atoms with E-state index in [1.54, 1.807) is 12.1 Å². The highest BCUT2D eigenvalue weighted by Crippen LogP contribution is 2.21. The van der Waals surface area contributed by atoms with E-state index in [0.717, 1.165) is 30.0 Å². The maximum absolute atomic E-state index is 9.16. The fourth-order valence-corrected chi connectivity index (χ4v) is 1.50. The second kappa shape index (κ2) is 5.34. The van der Waals surface area contributed by atoms with E-state index in [1.165, 1.54) is 6.20 Å². The van der Waals surface area contributed by atoms with Gasteiger partial charge < -0.3 is 9.84 Å². The Hall–Kier alpha value is -2.03. The molecule has 1 heterocycles. The lowest BCUT2D eigenvalue weighted by molar-refractivity contribution is 0.317. The van der Waals surface area contributed by atoms with E-state index < -0.39 is 0 Å². The number of hydrogen-bond donors (Lipinski definition) is 1. The molecule has 0 spiro atoms. The minimum absolute atomic E-state index is 0.177. The molecule has 0 bridgehead atoms. The number of benzene rings is 1. The Bertz CT molecular complexity index is 463. The molecule has 0 unspecified atom stereocenters. The summed E-state index contributed by atoms with van der Waals surface area (Å²) in [6, 6.07) is 11.2. The summed E-state index contributed by atoms with van der Waals surface area (Å²) in [5, 5.41) is 9.16. The third kappa shape index (κ3) is 2.97. The fraction of sp³-hybridized carbons (Fsp3) is 0.214. The summed E-state index contributed by atoms with van der Waals surface area (Å²) in [5.74, 6) is 1.05. The van der Waals surface area contributed by atoms with E-state index in [1.807, 2.05) is 24.3 Å². The first kappa shape index (κ1) is 11.5. The molecule has 0 atom stereocenters. The van der Waals surface area contributed by atoms with Crippen LogP contribution in [0.2, 0.25) is 0 Å². The highest BCUT2D eigenvalue weighted by molar-refractivity contribution is 5.60. The van der Waals surface area contributed by atoms with Crippen LogP contribution in [0.4, 0.5) is 0 Å². The molecule has 1 N–H and O–H groups in total. The van der Waals surface area contributed by atoms with Crippen molar-refractivity contribution < 1.29 is 9.84 Å². The van der Waals surface area contributed by atoms with Crippen molar-refractivity contribution in [1.29, 1.82) is 0 Å². The number of ether oxygens (including phenoxy) is 1. The first-order chi connectivity index (χ1) is 8.29. The molecular formula is C14H15NO2. The fourth-order valence-electron chi connectivity index (χ4n) is 1.50. The molecule has 3 heteroatoms. The molecule has 0 aliphatic heterocycles. The van der Waals surface area contributed by atoms with Gasteiger partial charge in [-0.05, 0) is 42.8 Å². The highest BCUT2D eigenvalue weighted by Gasteiger charge is 2.00. The van der Waals surface area contributed by atoms with Gasteiger partial charge in [0.05, 0.1) is 18.5 Å². The molecule has 1 aromatic heterocycles. The van der Waals surface area contributed by atoms with Crippen molar-refractivity contribution in [3.05, 3.63) is 42.6 Å². The molecule has 2 aromatic rings. The van der Waals surface area contributed by atoms with Gasteiger partial charge in [-0.1, -0.05) is 6.92 Å². The zero-order valence-electron chi connectivity index (χ0n) is 9.76. The molecule has 88 valence electrons. The first-order valence-corrected chi connectivity index (χ1v) is 5.68. The predicted molar refractivity (Wildman–Crippen MR) is 67.1 cm³/mol. The topological polar surface area (TPSA) is 42.4 Å². The van der Waals surface area contributed by atoms with Crippen LogP contribution in [0, 0.1) is 0 Å². The molecule has 0 amide bonds. The number of aromatic hydroxyl groups is 1. The van der Waals surface area contributed by atoms with Crippen LogP contribution in [0.1, 0.15) is 13.3 Å². The van der Waals surface area contributed by atoms with Crippen LogP contribution in [-0.2, 0) is 0 Å². The monoisotopic (exact) mass is 229 g/mol. The van der Waals surface area contributed by atoms with Crippen LogP contribution in [0.5, 0.6) is 11.5 Å². The summed E-state index contributed by atoms with van der Waals surface area (Å²) in [4.78, 5) is 4.15. The van der Waals surface area contributed by atoms with E-state index in [0.29, 0.717) is 0 Å². The average Bonchev–Trinajstić information content (AvgIpc) is 2.38. The van der Waals surface area contributed by atoms with Gasteiger partial charge in [-0.3, -0.25) is 4.98 Å². The lowest BCUT2D eigenvalue weighted by atomic mass is 10.1. The van der Waals surface area contributed by atoms with Gasteiger partial charge in [0, 0.05) is 5.56 Å². The highest BCUT2D eigenvalue weighted by atomic mass is 16.5. The van der Waals surface area contributed by atoms with Crippen molar-refractivity contribution in [3.63, 3.8) is 0 Å². The van der Waals surface area contributed by atoms with Crippen molar-refractivity contribution in [1.82, 2.24) is 4.98 Å². The smallest absolute Gasteiger partial charge is 0.133 e. The van der Waals surface area contributed by atoms with Crippen LogP contribution in [0.25, 0.3) is 11.3 Å². The Morgan fingerprint density at radius 2 is 1.88 bits per heavy atom. The summed E-state index contributed by atoms with van der Waals surface area (Å²) in [7, 11) is 0. The minimum Gasteiger partial charge on any atom is -0.506 e. The van der Waals surface area contributed by atoms with Crippen molar-refractivity contribution in [2.75, 3.05) is 6.61 Å². The third-order valence-corrected chi connectivity index (χ3v) is 2.37. The quantitative estimate of drug-likeness (QED) is 0.875. The molecule has 1 aromatic carbocycles. The average molecular weight is 229 g/mol. The molecule has 0 aliphatic rings. The zero-order chi connectivity index (χ0) is 12.1. The van der Waals surface area contributed by atoms with E-state index in [2.05, 4.69) is 11.9 Å². The van der Waals surface area contributed by atoms with E-state index in [-0.39, 0.29) is 5.75 Å². The first-order valence-electron chi connectivity index (χ1n) is 5.68. The summed E-state index contributed by atoms with van der Waals surface area (Å²) >= 11 is 0. The van der Waals surface area contributed by atoms with Gasteiger partial charge in [0.1, 0.15) is 11.5 Å². The summed E-state index contributed by atoms with van der Waals surface area (Å²) in [6.45, 7) is 2.81. The summed E-state index contributed by atoms with van der Waals surface area (Å²) in [6.07, 6.45) is 2.44. The Kier molecular flexibility index (Phi) is 3.60. The van der Waals surface area contributed by atoms with Crippen molar-refractivity contribution >= 4 is 0 Å². The van der Waals surface area contributed by atoms with Crippen molar-refractivity contribution in [2.24, 2.45) is 0 Å². The molecule has 0 radical (unpaired) electrons. The normalized spacial score (nSPS) is 10.2. The standard InChI is InChI=1S/C14H15NO2/c1-2-9-17-13-6-3-11(4-7-13)14-8-5-12(16)10-15-14/h3-8,10,16H,2,9H2,1H3. The molecular weight excluding hydrogens is 214 g/mol. The second-order valence-electron chi connectivity index (χ2n) is 3.77. The van der Waals surface area contributed by atoms with E-state index in [4.69, 9.17) is 9.84 Å². The van der Waals surface area contributed by atoms with Crippen molar-refractivity contribution in [2.45, 2.75) is 13.3 Å². The van der Waals surface area contributed by atoms with Crippen LogP contribution in [0.3, 0.4) is 0 Å². The zero-order valence-corrected chi connectivity index (χ0v) is 9.76. The Morgan fingerprint density at radius 3 is 2.47 bits per heavy atom. The van der Waals surface area contributed by atoms with Gasteiger partial charge in [-0.15, -0.1) is 0 Å². The molecule has 2 rings (SSSR count). The Morgan fingerprint density at radius 1 is 1.12 bits per heavy atom. The number of hydrogen-bond acceptors (Lipinski definition) is 3. The van der Waals surface area contributed by atoms with Gasteiger partial charge in [0.15, 0.2) is 0 Å². The SMILES string of the molecule is CCCOc1ccc(-c2ccc(O)cn2)cc1. The molecule has 3 nitrogen and oxygen atoms in total. The second-order valence-corrected chi connectivity index (χ2v) is 3.77. The molecule has 0 fully saturated rings. The third-order valence-electron chi connectivity index (χ3n) is 2.37. The Labute approximate surface area is 101 Å². The van der Waals surface area contributed by atoms with Crippen LogP contribution in [-0.4, -0.2) is 16.7 Å². The number of rotatable bonds is 4. The Balaban J connectivity index is 2.14. The van der Waals surface area contributed by atoms with Gasteiger partial charge in [-0.25, -0.2) is 0 Å². The number of pyridine rings is 1. The summed E-state index contributed by atoms with van der Waals surface area (Å²) in [5.41, 5.74) is 1.85. The van der Waals surface area contributed by atoms with E-state index in [9.17, 15) is 0 Å². The molecule has 0 aliphatic carbocycles. The number of aromatic nitrogens is 1. The predicted octanol–water partition coefficient (Wildman–Crippen LogP) is 3.24. The van der Waals surface area contributed by atoms with Crippen LogP contribution in [0.15, 0.2) is 42.6 Å². The van der Waals surface area contributed by atoms with Crippen LogP contribution < -0.4 is 4.74 Å². The largest absolute Gasteiger partial charge is 0.506 e. The van der Waals surface area contributed by atoms with Gasteiger partial charge in [0.25, 0.3) is 0 Å². The maximum Gasteiger partial charge on any atom is 0.133 e. The van der Waals surface area contributed by atoms with Crippen LogP contribution >= 0.6 is 0 Å².